The van der Waals surface area contributed by atoms with Crippen molar-refractivity contribution in [2.45, 2.75) is 38.8 Å². The van der Waals surface area contributed by atoms with E-state index in [9.17, 15) is 14.0 Å². The zero-order chi connectivity index (χ0) is 18.2. The highest BCUT2D eigenvalue weighted by molar-refractivity contribution is 6.06. The Bertz CT molecular complexity index is 809. The number of rotatable bonds is 2. The maximum Gasteiger partial charge on any atom is 0.410 e. The minimum Gasteiger partial charge on any atom is -0.463 e. The molecule has 1 aliphatic rings. The Kier molecular flexibility index (Phi) is 4.41. The molecular weight excluding hydrogens is 327 g/mol. The zero-order valence-corrected chi connectivity index (χ0v) is 14.5. The van der Waals surface area contributed by atoms with Crippen molar-refractivity contribution in [1.29, 1.82) is 0 Å². The van der Waals surface area contributed by atoms with Crippen LogP contribution in [0.4, 0.5) is 9.18 Å². The van der Waals surface area contributed by atoms with Crippen LogP contribution in [-0.2, 0) is 4.74 Å². The maximum atomic E-state index is 13.2. The fraction of sp³-hybridized carbons (Fsp3) is 0.444. The lowest BCUT2D eigenvalue weighted by atomic mass is 10.1. The number of furan rings is 1. The zero-order valence-electron chi connectivity index (χ0n) is 14.5. The van der Waals surface area contributed by atoms with Crippen LogP contribution in [0.25, 0.3) is 11.0 Å². The molecule has 1 aliphatic heterocycles. The second kappa shape index (κ2) is 6.38. The van der Waals surface area contributed by atoms with E-state index in [0.29, 0.717) is 36.0 Å². The molecule has 1 atom stereocenters. The first-order chi connectivity index (χ1) is 11.7. The van der Waals surface area contributed by atoms with Gasteiger partial charge in [0.15, 0.2) is 0 Å². The minimum atomic E-state index is -0.552. The van der Waals surface area contributed by atoms with Crippen molar-refractivity contribution in [1.82, 2.24) is 10.2 Å². The van der Waals surface area contributed by atoms with Crippen LogP contribution in [0.1, 0.15) is 37.6 Å². The van der Waals surface area contributed by atoms with Gasteiger partial charge in [0, 0.05) is 30.6 Å². The van der Waals surface area contributed by atoms with E-state index in [-0.39, 0.29) is 18.0 Å². The van der Waals surface area contributed by atoms with E-state index in [0.717, 1.165) is 0 Å². The standard InChI is InChI=1S/C18H21FN2O4/c1-18(2,3)25-17(23)21-7-6-12(9-21)20-16(22)14-10-24-15-8-11(19)4-5-13(14)15/h4-5,8,10,12H,6-7,9H2,1-3H3,(H,20,22)/t12-/m0/s1. The number of benzene rings is 1. The third-order valence-corrected chi connectivity index (χ3v) is 3.96. The average molecular weight is 348 g/mol. The number of halogens is 1. The van der Waals surface area contributed by atoms with Gasteiger partial charge >= 0.3 is 6.09 Å². The quantitative estimate of drug-likeness (QED) is 0.904. The van der Waals surface area contributed by atoms with Gasteiger partial charge in [-0.25, -0.2) is 9.18 Å². The van der Waals surface area contributed by atoms with Gasteiger partial charge in [-0.2, -0.15) is 0 Å². The largest absolute Gasteiger partial charge is 0.463 e. The van der Waals surface area contributed by atoms with Crippen LogP contribution in [0.15, 0.2) is 28.9 Å². The van der Waals surface area contributed by atoms with Gasteiger partial charge in [-0.05, 0) is 39.3 Å². The molecule has 0 saturated carbocycles. The lowest BCUT2D eigenvalue weighted by Gasteiger charge is -2.24. The number of nitrogens with one attached hydrogen (secondary N) is 1. The van der Waals surface area contributed by atoms with Gasteiger partial charge in [0.05, 0.1) is 5.56 Å². The van der Waals surface area contributed by atoms with Crippen molar-refractivity contribution >= 4 is 23.0 Å². The smallest absolute Gasteiger partial charge is 0.410 e. The average Bonchev–Trinajstić information content (AvgIpc) is 3.11. The van der Waals surface area contributed by atoms with E-state index in [4.69, 9.17) is 9.15 Å². The summed E-state index contributed by atoms with van der Waals surface area (Å²) < 4.78 is 23.8. The number of carbonyl (C=O) groups is 2. The molecule has 6 nitrogen and oxygen atoms in total. The summed E-state index contributed by atoms with van der Waals surface area (Å²) in [5.74, 6) is -0.723. The highest BCUT2D eigenvalue weighted by Gasteiger charge is 2.31. The molecule has 0 unspecified atom stereocenters. The van der Waals surface area contributed by atoms with Crippen LogP contribution in [0.2, 0.25) is 0 Å². The van der Waals surface area contributed by atoms with Crippen LogP contribution in [0.3, 0.4) is 0 Å². The monoisotopic (exact) mass is 348 g/mol. The van der Waals surface area contributed by atoms with Crippen molar-refractivity contribution in [3.05, 3.63) is 35.8 Å². The second-order valence-corrected chi connectivity index (χ2v) is 7.18. The number of amides is 2. The topological polar surface area (TPSA) is 71.8 Å². The summed E-state index contributed by atoms with van der Waals surface area (Å²) in [5.41, 5.74) is 0.126. The highest BCUT2D eigenvalue weighted by atomic mass is 19.1. The molecule has 1 N–H and O–H groups in total. The van der Waals surface area contributed by atoms with Crippen molar-refractivity contribution in [3.63, 3.8) is 0 Å². The van der Waals surface area contributed by atoms with E-state index < -0.39 is 11.4 Å². The molecule has 0 bridgehead atoms. The molecule has 3 rings (SSSR count). The predicted octanol–water partition coefficient (Wildman–Crippen LogP) is 3.31. The summed E-state index contributed by atoms with van der Waals surface area (Å²) in [5, 5.41) is 3.45. The lowest BCUT2D eigenvalue weighted by Crippen LogP contribution is -2.40. The van der Waals surface area contributed by atoms with Crippen LogP contribution in [0.5, 0.6) is 0 Å². The van der Waals surface area contributed by atoms with E-state index >= 15 is 0 Å². The number of carbonyl (C=O) groups excluding carboxylic acids is 2. The van der Waals surface area contributed by atoms with Gasteiger partial charge in [0.1, 0.15) is 23.3 Å². The van der Waals surface area contributed by atoms with Crippen LogP contribution >= 0.6 is 0 Å². The number of likely N-dealkylation sites (tertiary alicyclic amines) is 1. The molecule has 2 aromatic rings. The Morgan fingerprint density at radius 2 is 2.12 bits per heavy atom. The van der Waals surface area contributed by atoms with Crippen molar-refractivity contribution < 1.29 is 23.1 Å². The SMILES string of the molecule is CC(C)(C)OC(=O)N1CC[C@H](NC(=O)c2coc3cc(F)ccc23)C1. The first kappa shape index (κ1) is 17.3. The molecule has 7 heteroatoms. The van der Waals surface area contributed by atoms with E-state index in [1.165, 1.54) is 24.5 Å². The molecule has 134 valence electrons. The summed E-state index contributed by atoms with van der Waals surface area (Å²) in [7, 11) is 0. The number of ether oxygens (including phenoxy) is 1. The first-order valence-electron chi connectivity index (χ1n) is 8.18. The third-order valence-electron chi connectivity index (χ3n) is 3.96. The summed E-state index contributed by atoms with van der Waals surface area (Å²) in [6.45, 7) is 6.36. The fourth-order valence-corrected chi connectivity index (χ4v) is 2.81. The molecular formula is C18H21FN2O4. The summed E-state index contributed by atoms with van der Waals surface area (Å²) >= 11 is 0. The number of fused-ring (bicyclic) bond motifs is 1. The number of hydrogen-bond acceptors (Lipinski definition) is 4. The molecule has 1 aromatic carbocycles. The predicted molar refractivity (Wildman–Crippen MR) is 89.9 cm³/mol. The number of hydrogen-bond donors (Lipinski definition) is 1. The minimum absolute atomic E-state index is 0.162. The Labute approximate surface area is 144 Å². The van der Waals surface area contributed by atoms with Gasteiger partial charge < -0.3 is 19.4 Å². The Morgan fingerprint density at radius 3 is 2.84 bits per heavy atom. The van der Waals surface area contributed by atoms with Crippen molar-refractivity contribution in [2.24, 2.45) is 0 Å². The molecule has 0 spiro atoms. The molecule has 1 saturated heterocycles. The maximum absolute atomic E-state index is 13.2. The molecule has 1 aromatic heterocycles. The van der Waals surface area contributed by atoms with Crippen LogP contribution in [0, 0.1) is 5.82 Å². The molecule has 2 amide bonds. The second-order valence-electron chi connectivity index (χ2n) is 7.18. The third kappa shape index (κ3) is 3.92. The van der Waals surface area contributed by atoms with Gasteiger partial charge in [-0.1, -0.05) is 0 Å². The summed E-state index contributed by atoms with van der Waals surface area (Å²) in [6, 6.07) is 3.89. The highest BCUT2D eigenvalue weighted by Crippen LogP contribution is 2.23. The molecule has 2 heterocycles. The molecule has 0 radical (unpaired) electrons. The van der Waals surface area contributed by atoms with Gasteiger partial charge in [0.25, 0.3) is 5.91 Å². The van der Waals surface area contributed by atoms with Gasteiger partial charge in [0.2, 0.25) is 0 Å². The molecule has 1 fully saturated rings. The van der Waals surface area contributed by atoms with Gasteiger partial charge in [-0.3, -0.25) is 4.79 Å². The first-order valence-corrected chi connectivity index (χ1v) is 8.18. The Hall–Kier alpha value is -2.57. The molecule has 0 aliphatic carbocycles. The van der Waals surface area contributed by atoms with Crippen LogP contribution in [-0.4, -0.2) is 41.6 Å². The van der Waals surface area contributed by atoms with E-state index in [1.807, 2.05) is 20.8 Å². The van der Waals surface area contributed by atoms with Crippen molar-refractivity contribution in [2.75, 3.05) is 13.1 Å². The fourth-order valence-electron chi connectivity index (χ4n) is 2.81. The number of nitrogens with zero attached hydrogens (tertiary/aromatic N) is 1. The lowest BCUT2D eigenvalue weighted by molar-refractivity contribution is 0.0290. The molecule has 25 heavy (non-hydrogen) atoms. The Balaban J connectivity index is 1.63. The summed E-state index contributed by atoms with van der Waals surface area (Å²) in [4.78, 5) is 26.1. The summed E-state index contributed by atoms with van der Waals surface area (Å²) in [6.07, 6.45) is 1.59. The van der Waals surface area contributed by atoms with Crippen LogP contribution < -0.4 is 5.32 Å². The van der Waals surface area contributed by atoms with E-state index in [2.05, 4.69) is 5.32 Å². The van der Waals surface area contributed by atoms with E-state index in [1.54, 1.807) is 4.90 Å². The van der Waals surface area contributed by atoms with Crippen molar-refractivity contribution in [3.8, 4) is 0 Å². The Morgan fingerprint density at radius 1 is 1.36 bits per heavy atom. The van der Waals surface area contributed by atoms with Gasteiger partial charge in [-0.15, -0.1) is 0 Å². The normalized spacial score (nSPS) is 17.8.